The number of aromatic amines is 1. The highest BCUT2D eigenvalue weighted by atomic mass is 32.1. The maximum Gasteiger partial charge on any atom is 0.201 e. The number of benzene rings is 1. The van der Waals surface area contributed by atoms with Crippen LogP contribution in [-0.2, 0) is 11.3 Å². The first-order chi connectivity index (χ1) is 18.2. The van der Waals surface area contributed by atoms with Gasteiger partial charge in [-0.05, 0) is 24.6 Å². The van der Waals surface area contributed by atoms with Crippen molar-refractivity contribution in [3.63, 3.8) is 0 Å². The van der Waals surface area contributed by atoms with E-state index in [0.717, 1.165) is 69.9 Å². The Balaban J connectivity index is 1.41. The molecule has 37 heavy (non-hydrogen) atoms. The third kappa shape index (κ3) is 4.82. The number of fused-ring (bicyclic) bond motifs is 2. The number of ether oxygens (including phenoxy) is 1. The van der Waals surface area contributed by atoms with Gasteiger partial charge in [0.25, 0.3) is 0 Å². The lowest BCUT2D eigenvalue weighted by Gasteiger charge is -2.33. The van der Waals surface area contributed by atoms with Crippen LogP contribution in [-0.4, -0.2) is 80.7 Å². The molecule has 1 aromatic carbocycles. The van der Waals surface area contributed by atoms with Crippen molar-refractivity contribution in [3.8, 4) is 11.4 Å². The normalized spacial score (nSPS) is 18.1. The molecule has 1 atom stereocenters. The summed E-state index contributed by atoms with van der Waals surface area (Å²) in [6.45, 7) is 6.60. The van der Waals surface area contributed by atoms with Gasteiger partial charge in [0, 0.05) is 54.4 Å². The Labute approximate surface area is 218 Å². The Morgan fingerprint density at radius 3 is 2.97 bits per heavy atom. The molecule has 2 aliphatic heterocycles. The molecule has 1 saturated heterocycles. The number of aromatic nitrogens is 4. The second-order valence-electron chi connectivity index (χ2n) is 9.22. The van der Waals surface area contributed by atoms with E-state index in [9.17, 15) is 5.21 Å². The van der Waals surface area contributed by atoms with Crippen LogP contribution in [0.1, 0.15) is 24.6 Å². The van der Waals surface area contributed by atoms with Crippen LogP contribution in [0.25, 0.3) is 32.5 Å². The Bertz CT molecular complexity index is 1440. The second-order valence-corrected chi connectivity index (χ2v) is 10.4. The molecule has 6 rings (SSSR count). The van der Waals surface area contributed by atoms with Crippen LogP contribution < -0.4 is 4.90 Å². The molecular formula is C26H30N8O2S. The number of anilines is 1. The molecule has 0 radical (unpaired) electrons. The van der Waals surface area contributed by atoms with Crippen molar-refractivity contribution in [1.29, 1.82) is 0 Å². The van der Waals surface area contributed by atoms with E-state index in [4.69, 9.17) is 14.7 Å². The number of nitrogens with one attached hydrogen (secondary N) is 1. The number of rotatable bonds is 8. The summed E-state index contributed by atoms with van der Waals surface area (Å²) in [5.74, 6) is 1.64. The van der Waals surface area contributed by atoms with Gasteiger partial charge < -0.3 is 9.64 Å². The Hall–Kier alpha value is -3.38. The summed E-state index contributed by atoms with van der Waals surface area (Å²) in [7, 11) is 0. The van der Waals surface area contributed by atoms with Crippen molar-refractivity contribution >= 4 is 44.5 Å². The number of morpholine rings is 1. The molecule has 1 fully saturated rings. The number of allylic oxidation sites excluding steroid dienone is 1. The molecule has 4 aromatic rings. The van der Waals surface area contributed by atoms with Gasteiger partial charge in [-0.1, -0.05) is 25.5 Å². The van der Waals surface area contributed by atoms with E-state index in [1.165, 1.54) is 5.06 Å². The molecule has 192 valence electrons. The third-order valence-electron chi connectivity index (χ3n) is 6.71. The Kier molecular flexibility index (Phi) is 6.83. The number of hydrogen-bond donors (Lipinski definition) is 2. The number of thiophene rings is 1. The predicted molar refractivity (Wildman–Crippen MR) is 146 cm³/mol. The zero-order chi connectivity index (χ0) is 25.2. The van der Waals surface area contributed by atoms with Crippen LogP contribution in [0.2, 0.25) is 0 Å². The summed E-state index contributed by atoms with van der Waals surface area (Å²) in [6, 6.07) is 8.22. The van der Waals surface area contributed by atoms with Gasteiger partial charge in [0.2, 0.25) is 6.29 Å². The summed E-state index contributed by atoms with van der Waals surface area (Å²) in [5, 5.41) is 19.9. The topological polar surface area (TPSA) is 106 Å². The monoisotopic (exact) mass is 518 g/mol. The van der Waals surface area contributed by atoms with E-state index in [-0.39, 0.29) is 0 Å². The van der Waals surface area contributed by atoms with Crippen LogP contribution in [0.4, 0.5) is 5.82 Å². The van der Waals surface area contributed by atoms with Gasteiger partial charge >= 0.3 is 0 Å². The van der Waals surface area contributed by atoms with Crippen LogP contribution in [0.15, 0.2) is 47.7 Å². The number of H-pyrrole nitrogens is 1. The van der Waals surface area contributed by atoms with Gasteiger partial charge in [0.1, 0.15) is 0 Å². The fourth-order valence-electron chi connectivity index (χ4n) is 4.81. The van der Waals surface area contributed by atoms with E-state index in [2.05, 4.69) is 38.0 Å². The molecule has 0 saturated carbocycles. The van der Waals surface area contributed by atoms with Crippen molar-refractivity contribution in [2.24, 2.45) is 4.99 Å². The zero-order valence-corrected chi connectivity index (χ0v) is 21.6. The minimum Gasteiger partial charge on any atom is -0.378 e. The number of nitrogens with zero attached hydrogens (tertiary/aromatic N) is 7. The van der Waals surface area contributed by atoms with Crippen LogP contribution >= 0.6 is 11.3 Å². The SMILES string of the molecule is CCCCN(Cc1cc2nc(-c3cccc4[nH]ncc34)nc(N3CCOCC3)c2s1)C1N=CC=CN1O. The fraction of sp³-hybridized carbons (Fsp3) is 0.385. The van der Waals surface area contributed by atoms with Gasteiger partial charge in [-0.2, -0.15) is 5.10 Å². The van der Waals surface area contributed by atoms with E-state index in [1.807, 2.05) is 24.4 Å². The lowest BCUT2D eigenvalue weighted by molar-refractivity contribution is -0.132. The number of hydrogen-bond acceptors (Lipinski definition) is 10. The molecule has 0 amide bonds. The van der Waals surface area contributed by atoms with Gasteiger partial charge in [-0.3, -0.25) is 20.2 Å². The van der Waals surface area contributed by atoms with E-state index < -0.39 is 6.29 Å². The van der Waals surface area contributed by atoms with Crippen LogP contribution in [0.5, 0.6) is 0 Å². The molecule has 5 heterocycles. The highest BCUT2D eigenvalue weighted by Gasteiger charge is 2.25. The average molecular weight is 519 g/mol. The summed E-state index contributed by atoms with van der Waals surface area (Å²) in [4.78, 5) is 20.3. The first-order valence-corrected chi connectivity index (χ1v) is 13.5. The van der Waals surface area contributed by atoms with Crippen molar-refractivity contribution < 1.29 is 9.94 Å². The van der Waals surface area contributed by atoms with Crippen LogP contribution in [0, 0.1) is 0 Å². The van der Waals surface area contributed by atoms with E-state index >= 15 is 0 Å². The summed E-state index contributed by atoms with van der Waals surface area (Å²) < 4.78 is 6.69. The van der Waals surface area contributed by atoms with Gasteiger partial charge in [-0.15, -0.1) is 11.3 Å². The third-order valence-corrected chi connectivity index (χ3v) is 7.81. The standard InChI is InChI=1S/C26H30N8O2S/c1-2-3-9-33(26-27-8-5-10-34(26)35)17-18-15-22-23(37-18)25(32-11-13-36-14-12-32)30-24(29-22)19-6-4-7-21-20(19)16-28-31-21/h4-8,10,15-16,26,35H,2-3,9,11-14,17H2,1H3,(H,28,31). The zero-order valence-electron chi connectivity index (χ0n) is 20.7. The summed E-state index contributed by atoms with van der Waals surface area (Å²) in [6.07, 6.45) is 8.60. The number of aliphatic imine (C=N–C) groups is 1. The van der Waals surface area contributed by atoms with Crippen LogP contribution in [0.3, 0.4) is 0 Å². The lowest BCUT2D eigenvalue weighted by Crippen LogP contribution is -2.44. The molecule has 11 heteroatoms. The highest BCUT2D eigenvalue weighted by Crippen LogP contribution is 2.36. The Morgan fingerprint density at radius 1 is 1.24 bits per heavy atom. The van der Waals surface area contributed by atoms with E-state index in [0.29, 0.717) is 25.6 Å². The first kappa shape index (κ1) is 24.0. The average Bonchev–Trinajstić information content (AvgIpc) is 3.58. The van der Waals surface area contributed by atoms with Crippen molar-refractivity contribution in [3.05, 3.63) is 47.6 Å². The summed E-state index contributed by atoms with van der Waals surface area (Å²) >= 11 is 1.72. The molecular weight excluding hydrogens is 488 g/mol. The minimum absolute atomic E-state index is 0.444. The maximum absolute atomic E-state index is 10.4. The van der Waals surface area contributed by atoms with Gasteiger partial charge in [-0.25, -0.2) is 15.0 Å². The first-order valence-electron chi connectivity index (χ1n) is 12.7. The molecule has 0 bridgehead atoms. The fourth-order valence-corrected chi connectivity index (χ4v) is 5.95. The second kappa shape index (κ2) is 10.5. The Morgan fingerprint density at radius 2 is 2.14 bits per heavy atom. The quantitative estimate of drug-likeness (QED) is 0.357. The van der Waals surface area contributed by atoms with E-state index in [1.54, 1.807) is 29.8 Å². The number of unbranched alkanes of at least 4 members (excludes halogenated alkanes) is 1. The molecule has 0 aliphatic carbocycles. The predicted octanol–water partition coefficient (Wildman–Crippen LogP) is 4.25. The highest BCUT2D eigenvalue weighted by molar-refractivity contribution is 7.19. The van der Waals surface area contributed by atoms with Crippen molar-refractivity contribution in [2.75, 3.05) is 37.7 Å². The molecule has 2 aliphatic rings. The smallest absolute Gasteiger partial charge is 0.201 e. The molecule has 2 N–H and O–H groups in total. The maximum atomic E-state index is 10.4. The largest absolute Gasteiger partial charge is 0.378 e. The lowest BCUT2D eigenvalue weighted by atomic mass is 10.1. The molecule has 1 unspecified atom stereocenters. The van der Waals surface area contributed by atoms with Crippen molar-refractivity contribution in [1.82, 2.24) is 30.1 Å². The minimum atomic E-state index is -0.444. The summed E-state index contributed by atoms with van der Waals surface area (Å²) in [5.41, 5.74) is 2.84. The van der Waals surface area contributed by atoms with Gasteiger partial charge in [0.05, 0.1) is 35.1 Å². The van der Waals surface area contributed by atoms with Gasteiger partial charge in [0.15, 0.2) is 11.6 Å². The number of hydroxylamine groups is 2. The molecule has 10 nitrogen and oxygen atoms in total. The van der Waals surface area contributed by atoms with Crippen molar-refractivity contribution in [2.45, 2.75) is 32.6 Å². The molecule has 3 aromatic heterocycles. The molecule has 0 spiro atoms.